The number of rotatable bonds is 41. The number of hydrogen-bond acceptors (Lipinski definition) is 6. The average Bonchev–Trinajstić information content (AvgIpc) is 3.19. The first-order valence-corrected chi connectivity index (χ1v) is 23.4. The van der Waals surface area contributed by atoms with E-state index < -0.39 is 6.10 Å². The van der Waals surface area contributed by atoms with Gasteiger partial charge in [-0.1, -0.05) is 229 Å². The van der Waals surface area contributed by atoms with Crippen LogP contribution in [0.15, 0.2) is 60.8 Å². The normalized spacial score (nSPS) is 12.6. The maximum absolute atomic E-state index is 12.7. The first-order chi connectivity index (χ1) is 27.5. The van der Waals surface area contributed by atoms with Crippen LogP contribution in [0.25, 0.3) is 0 Å². The van der Waals surface area contributed by atoms with Crippen LogP contribution in [0, 0.1) is 0 Å². The van der Waals surface area contributed by atoms with Crippen LogP contribution in [-0.4, -0.2) is 37.2 Å². The van der Waals surface area contributed by atoms with Crippen LogP contribution >= 0.6 is 0 Å². The second kappa shape index (κ2) is 44.8. The van der Waals surface area contributed by atoms with Crippen molar-refractivity contribution in [1.29, 1.82) is 0 Å². The molecule has 0 aromatic heterocycles. The Kier molecular flexibility index (Phi) is 42.5. The Balaban J connectivity index is 4.42. The topological polar surface area (TPSA) is 78.9 Å². The third kappa shape index (κ3) is 42.3. The largest absolute Gasteiger partial charge is 0.462 e. The van der Waals surface area contributed by atoms with Gasteiger partial charge in [0.05, 0.1) is 0 Å². The number of esters is 3. The van der Waals surface area contributed by atoms with E-state index in [0.717, 1.165) is 51.4 Å². The molecule has 0 bridgehead atoms. The first-order valence-electron chi connectivity index (χ1n) is 23.4. The fraction of sp³-hybridized carbons (Fsp3) is 0.740. The lowest BCUT2D eigenvalue weighted by atomic mass is 10.0. The zero-order chi connectivity index (χ0) is 40.8. The molecule has 0 aromatic rings. The zero-order valence-electron chi connectivity index (χ0n) is 36.6. The monoisotopic (exact) mass is 783 g/mol. The summed E-state index contributed by atoms with van der Waals surface area (Å²) in [5, 5.41) is 0. The van der Waals surface area contributed by atoms with Crippen molar-refractivity contribution in [2.24, 2.45) is 0 Å². The van der Waals surface area contributed by atoms with Crippen LogP contribution in [0.2, 0.25) is 0 Å². The van der Waals surface area contributed by atoms with Crippen molar-refractivity contribution >= 4 is 17.9 Å². The summed E-state index contributed by atoms with van der Waals surface area (Å²) < 4.78 is 16.6. The number of unbranched alkanes of at least 4 members (excludes halogenated alkanes) is 24. The Bertz CT molecular complexity index is 1040. The second-order valence-corrected chi connectivity index (χ2v) is 15.4. The van der Waals surface area contributed by atoms with Gasteiger partial charge in [-0.05, 0) is 32.1 Å². The molecule has 0 spiro atoms. The van der Waals surface area contributed by atoms with E-state index in [1.807, 2.05) is 54.7 Å². The maximum atomic E-state index is 12.7. The van der Waals surface area contributed by atoms with Crippen molar-refractivity contribution in [2.45, 2.75) is 226 Å². The van der Waals surface area contributed by atoms with Gasteiger partial charge in [0, 0.05) is 19.3 Å². The molecule has 0 radical (unpaired) electrons. The number of hydrogen-bond donors (Lipinski definition) is 0. The Labute approximate surface area is 345 Å². The van der Waals surface area contributed by atoms with Gasteiger partial charge in [0.1, 0.15) is 13.2 Å². The Morgan fingerprint density at radius 3 is 1.07 bits per heavy atom. The SMILES string of the molecule is CC\C=C/C=C\C=C/C=C\C=C/CCCC(=O)OC(COC(=O)CCCCCCCCCCC)COC(=O)CCCCCCCCCCCCCCCCCC. The van der Waals surface area contributed by atoms with Gasteiger partial charge in [-0.2, -0.15) is 0 Å². The van der Waals surface area contributed by atoms with Crippen LogP contribution in [-0.2, 0) is 28.6 Å². The lowest BCUT2D eigenvalue weighted by Gasteiger charge is -2.18. The molecule has 56 heavy (non-hydrogen) atoms. The van der Waals surface area contributed by atoms with Crippen molar-refractivity contribution in [1.82, 2.24) is 0 Å². The highest BCUT2D eigenvalue weighted by Gasteiger charge is 2.19. The van der Waals surface area contributed by atoms with Gasteiger partial charge in [-0.25, -0.2) is 0 Å². The van der Waals surface area contributed by atoms with Gasteiger partial charge in [0.2, 0.25) is 0 Å². The summed E-state index contributed by atoms with van der Waals surface area (Å²) in [6, 6.07) is 0. The zero-order valence-corrected chi connectivity index (χ0v) is 36.6. The highest BCUT2D eigenvalue weighted by atomic mass is 16.6. The third-order valence-corrected chi connectivity index (χ3v) is 9.91. The molecule has 6 heteroatoms. The van der Waals surface area contributed by atoms with E-state index in [0.29, 0.717) is 19.3 Å². The summed E-state index contributed by atoms with van der Waals surface area (Å²) in [5.41, 5.74) is 0. The molecular weight excluding hydrogens is 697 g/mol. The highest BCUT2D eigenvalue weighted by Crippen LogP contribution is 2.15. The molecule has 0 fully saturated rings. The Hall–Kier alpha value is -2.89. The minimum atomic E-state index is -0.805. The summed E-state index contributed by atoms with van der Waals surface area (Å²) in [7, 11) is 0. The molecule has 6 nitrogen and oxygen atoms in total. The van der Waals surface area contributed by atoms with Crippen LogP contribution in [0.5, 0.6) is 0 Å². The molecule has 1 unspecified atom stereocenters. The van der Waals surface area contributed by atoms with Gasteiger partial charge in [-0.3, -0.25) is 14.4 Å². The maximum Gasteiger partial charge on any atom is 0.306 e. The minimum absolute atomic E-state index is 0.100. The highest BCUT2D eigenvalue weighted by molar-refractivity contribution is 5.71. The van der Waals surface area contributed by atoms with Crippen molar-refractivity contribution in [3.8, 4) is 0 Å². The van der Waals surface area contributed by atoms with Gasteiger partial charge in [0.15, 0.2) is 6.10 Å². The third-order valence-electron chi connectivity index (χ3n) is 9.91. The van der Waals surface area contributed by atoms with E-state index in [9.17, 15) is 14.4 Å². The number of carbonyl (C=O) groups is 3. The van der Waals surface area contributed by atoms with E-state index in [4.69, 9.17) is 14.2 Å². The molecule has 0 aliphatic heterocycles. The summed E-state index contributed by atoms with van der Waals surface area (Å²) >= 11 is 0. The lowest BCUT2D eigenvalue weighted by molar-refractivity contribution is -0.167. The number of ether oxygens (including phenoxy) is 3. The number of carbonyl (C=O) groups excluding carboxylic acids is 3. The molecular formula is C50H86O6. The molecule has 0 saturated carbocycles. The molecule has 0 saturated heterocycles. The van der Waals surface area contributed by atoms with Crippen LogP contribution in [0.3, 0.4) is 0 Å². The fourth-order valence-electron chi connectivity index (χ4n) is 6.41. The van der Waals surface area contributed by atoms with Gasteiger partial charge in [-0.15, -0.1) is 0 Å². The van der Waals surface area contributed by atoms with Gasteiger partial charge in [0.25, 0.3) is 0 Å². The van der Waals surface area contributed by atoms with E-state index in [1.165, 1.54) is 122 Å². The summed E-state index contributed by atoms with van der Waals surface area (Å²) in [4.78, 5) is 37.7. The summed E-state index contributed by atoms with van der Waals surface area (Å²) in [6.07, 6.45) is 53.6. The first kappa shape index (κ1) is 53.1. The van der Waals surface area contributed by atoms with E-state index >= 15 is 0 Å². The average molecular weight is 783 g/mol. The molecule has 0 heterocycles. The lowest BCUT2D eigenvalue weighted by Crippen LogP contribution is -2.30. The predicted molar refractivity (Wildman–Crippen MR) is 238 cm³/mol. The molecule has 0 aromatic carbocycles. The molecule has 322 valence electrons. The molecule has 0 aliphatic rings. The van der Waals surface area contributed by atoms with Crippen molar-refractivity contribution < 1.29 is 28.6 Å². The Morgan fingerprint density at radius 2 is 0.696 bits per heavy atom. The quantitative estimate of drug-likeness (QED) is 0.0266. The van der Waals surface area contributed by atoms with Crippen LogP contribution in [0.4, 0.5) is 0 Å². The van der Waals surface area contributed by atoms with E-state index in [1.54, 1.807) is 0 Å². The molecule has 0 N–H and O–H groups in total. The Morgan fingerprint density at radius 1 is 0.375 bits per heavy atom. The smallest absolute Gasteiger partial charge is 0.306 e. The number of allylic oxidation sites excluding steroid dienone is 10. The molecule has 1 atom stereocenters. The summed E-state index contributed by atoms with van der Waals surface area (Å²) in [6.45, 7) is 6.41. The molecule has 0 amide bonds. The van der Waals surface area contributed by atoms with E-state index in [-0.39, 0.29) is 37.5 Å². The standard InChI is InChI=1S/C50H86O6/c1-4-7-10-13-16-19-21-23-24-25-27-28-31-34-37-40-43-49(52)55-46-47(45-54-48(51)42-39-36-33-30-18-15-12-9-6-3)56-50(53)44-41-38-35-32-29-26-22-20-17-14-11-8-5-2/h8,11,14,17,20,22,26,29,32,35,47H,4-7,9-10,12-13,15-16,18-19,21,23-25,27-28,30-31,33-34,36-46H2,1-3H3/b11-8-,17-14-,22-20-,29-26-,35-32-. The second-order valence-electron chi connectivity index (χ2n) is 15.4. The minimum Gasteiger partial charge on any atom is -0.462 e. The predicted octanol–water partition coefficient (Wildman–Crippen LogP) is 14.9. The molecule has 0 aliphatic carbocycles. The van der Waals surface area contributed by atoms with Crippen molar-refractivity contribution in [3.63, 3.8) is 0 Å². The summed E-state index contributed by atoms with van der Waals surface area (Å²) in [5.74, 6) is -0.977. The molecule has 0 rings (SSSR count). The van der Waals surface area contributed by atoms with Crippen LogP contribution < -0.4 is 0 Å². The van der Waals surface area contributed by atoms with Crippen molar-refractivity contribution in [3.05, 3.63) is 60.8 Å². The van der Waals surface area contributed by atoms with Gasteiger partial charge >= 0.3 is 17.9 Å². The van der Waals surface area contributed by atoms with Gasteiger partial charge < -0.3 is 14.2 Å². The van der Waals surface area contributed by atoms with Crippen molar-refractivity contribution in [2.75, 3.05) is 13.2 Å². The van der Waals surface area contributed by atoms with E-state index in [2.05, 4.69) is 26.8 Å². The van der Waals surface area contributed by atoms with Crippen LogP contribution in [0.1, 0.15) is 220 Å². The fourth-order valence-corrected chi connectivity index (χ4v) is 6.41.